The fraction of sp³-hybridized carbons (Fsp3) is 0.792. The molecule has 3 N–H and O–H groups in total. The average Bonchev–Trinajstić information content (AvgIpc) is 3.43. The number of ether oxygens (including phenoxy) is 1. The van der Waals surface area contributed by atoms with Crippen molar-refractivity contribution in [3.05, 3.63) is 17.5 Å². The monoisotopic (exact) mass is 426 g/mol. The van der Waals surface area contributed by atoms with Gasteiger partial charge in [-0.1, -0.05) is 12.8 Å². The van der Waals surface area contributed by atoms with Gasteiger partial charge in [-0.05, 0) is 69.1 Å². The molecule has 1 aliphatic heterocycles. The summed E-state index contributed by atoms with van der Waals surface area (Å²) in [5.41, 5.74) is 1.08. The molecule has 2 heterocycles. The summed E-state index contributed by atoms with van der Waals surface area (Å²) in [5.74, 6) is 2.37. The van der Waals surface area contributed by atoms with Crippen molar-refractivity contribution in [1.82, 2.24) is 15.3 Å². The van der Waals surface area contributed by atoms with Gasteiger partial charge in [0.15, 0.2) is 0 Å². The van der Waals surface area contributed by atoms with Crippen LogP contribution in [-0.2, 0) is 4.74 Å². The van der Waals surface area contributed by atoms with Crippen molar-refractivity contribution in [2.24, 2.45) is 17.8 Å². The van der Waals surface area contributed by atoms with Gasteiger partial charge in [-0.25, -0.2) is 9.97 Å². The van der Waals surface area contributed by atoms with Crippen molar-refractivity contribution >= 4 is 11.9 Å². The Morgan fingerprint density at radius 2 is 1.90 bits per heavy atom. The number of amides is 1. The van der Waals surface area contributed by atoms with Crippen molar-refractivity contribution < 1.29 is 14.6 Å². The van der Waals surface area contributed by atoms with E-state index in [9.17, 15) is 9.90 Å². The van der Waals surface area contributed by atoms with Crippen LogP contribution in [0, 0.1) is 17.8 Å². The van der Waals surface area contributed by atoms with Gasteiger partial charge in [-0.2, -0.15) is 0 Å². The molecule has 5 aliphatic carbocycles. The molecule has 168 valence electrons. The lowest BCUT2D eigenvalue weighted by atomic mass is 9.52. The highest BCUT2D eigenvalue weighted by Crippen LogP contribution is 2.55. The first-order chi connectivity index (χ1) is 15.1. The number of anilines is 1. The average molecular weight is 427 g/mol. The Hall–Kier alpha value is -1.73. The Kier molecular flexibility index (Phi) is 4.94. The van der Waals surface area contributed by atoms with E-state index in [4.69, 9.17) is 9.72 Å². The number of hydrogen-bond donors (Lipinski definition) is 3. The first-order valence-corrected chi connectivity index (χ1v) is 12.3. The van der Waals surface area contributed by atoms with Gasteiger partial charge in [0.1, 0.15) is 0 Å². The van der Waals surface area contributed by atoms with Gasteiger partial charge in [0.2, 0.25) is 5.95 Å². The number of carbonyl (C=O) groups excluding carboxylic acids is 1. The number of nitrogens with zero attached hydrogens (tertiary/aromatic N) is 2. The summed E-state index contributed by atoms with van der Waals surface area (Å²) in [7, 11) is 0. The van der Waals surface area contributed by atoms with E-state index in [0.717, 1.165) is 63.7 Å². The maximum atomic E-state index is 13.5. The number of carbonyl (C=O) groups is 1. The Balaban J connectivity index is 1.23. The highest BCUT2D eigenvalue weighted by atomic mass is 16.5. The highest BCUT2D eigenvalue weighted by molar-refractivity contribution is 5.95. The van der Waals surface area contributed by atoms with E-state index in [1.54, 1.807) is 6.20 Å². The van der Waals surface area contributed by atoms with Crippen LogP contribution in [0.1, 0.15) is 86.2 Å². The predicted octanol–water partition coefficient (Wildman–Crippen LogP) is 3.00. The molecule has 6 aliphatic rings. The SMILES string of the molecule is O=C(NC1C2CC3CC1CC(O)(C3)C2)c1cnc(N[C@@H]2CCOC2)nc1C1CCCC1. The lowest BCUT2D eigenvalue weighted by Crippen LogP contribution is -2.61. The van der Waals surface area contributed by atoms with Gasteiger partial charge >= 0.3 is 0 Å². The molecule has 7 heteroatoms. The fourth-order valence-corrected chi connectivity index (χ4v) is 7.43. The van der Waals surface area contributed by atoms with E-state index in [2.05, 4.69) is 15.6 Å². The summed E-state index contributed by atoms with van der Waals surface area (Å²) >= 11 is 0. The maximum absolute atomic E-state index is 13.5. The van der Waals surface area contributed by atoms with Crippen LogP contribution in [0.4, 0.5) is 5.95 Å². The molecule has 3 atom stereocenters. The van der Waals surface area contributed by atoms with Crippen molar-refractivity contribution in [3.63, 3.8) is 0 Å². The summed E-state index contributed by atoms with van der Waals surface area (Å²) < 4.78 is 5.46. The van der Waals surface area contributed by atoms with Gasteiger partial charge in [-0.15, -0.1) is 0 Å². The van der Waals surface area contributed by atoms with Crippen molar-refractivity contribution in [3.8, 4) is 0 Å². The molecule has 6 fully saturated rings. The largest absolute Gasteiger partial charge is 0.390 e. The first kappa shape index (κ1) is 19.9. The number of nitrogens with one attached hydrogen (secondary N) is 2. The summed E-state index contributed by atoms with van der Waals surface area (Å²) in [6.07, 6.45) is 12.2. The minimum Gasteiger partial charge on any atom is -0.390 e. The Bertz CT molecular complexity index is 833. The van der Waals surface area contributed by atoms with Gasteiger partial charge in [-0.3, -0.25) is 4.79 Å². The molecule has 0 spiro atoms. The molecule has 0 radical (unpaired) electrons. The zero-order valence-electron chi connectivity index (χ0n) is 18.2. The van der Waals surface area contributed by atoms with E-state index in [1.807, 2.05) is 0 Å². The smallest absolute Gasteiger partial charge is 0.254 e. The number of aromatic nitrogens is 2. The summed E-state index contributed by atoms with van der Waals surface area (Å²) in [4.78, 5) is 22.8. The Labute approximate surface area is 183 Å². The zero-order chi connectivity index (χ0) is 21.0. The van der Waals surface area contributed by atoms with Crippen LogP contribution < -0.4 is 10.6 Å². The molecule has 7 rings (SSSR count). The number of aliphatic hydroxyl groups is 1. The van der Waals surface area contributed by atoms with E-state index in [1.165, 1.54) is 12.8 Å². The van der Waals surface area contributed by atoms with E-state index >= 15 is 0 Å². The molecule has 31 heavy (non-hydrogen) atoms. The maximum Gasteiger partial charge on any atom is 0.254 e. The minimum absolute atomic E-state index is 0.0258. The minimum atomic E-state index is -0.479. The molecule has 7 nitrogen and oxygen atoms in total. The first-order valence-electron chi connectivity index (χ1n) is 12.3. The molecule has 0 aromatic carbocycles. The van der Waals surface area contributed by atoms with Crippen LogP contribution in [-0.4, -0.2) is 51.9 Å². The van der Waals surface area contributed by atoms with Crippen LogP contribution in [0.15, 0.2) is 6.20 Å². The van der Waals surface area contributed by atoms with Gasteiger partial charge in [0.25, 0.3) is 5.91 Å². The molecular formula is C24H34N4O3. The quantitative estimate of drug-likeness (QED) is 0.670. The molecular weight excluding hydrogens is 392 g/mol. The fourth-order valence-electron chi connectivity index (χ4n) is 7.43. The van der Waals surface area contributed by atoms with E-state index in [0.29, 0.717) is 41.8 Å². The van der Waals surface area contributed by atoms with Crippen molar-refractivity contribution in [1.29, 1.82) is 0 Å². The summed E-state index contributed by atoms with van der Waals surface area (Å²) in [5, 5.41) is 17.6. The van der Waals surface area contributed by atoms with Crippen LogP contribution >= 0.6 is 0 Å². The molecule has 5 saturated carbocycles. The standard InChI is InChI=1S/C24H34N4O3/c29-22(27-20-16-7-14-8-17(20)11-24(30,9-14)10-16)19-12-25-23(26-18-5-6-31-13-18)28-21(19)15-3-1-2-4-15/h12,14-18,20,30H,1-11,13H2,(H,27,29)(H,25,26,28)/t14?,16?,17?,18-,20?,24?/m1/s1. The number of rotatable bonds is 5. The lowest BCUT2D eigenvalue weighted by Gasteiger charge is -2.58. The second kappa shape index (κ2) is 7.69. The molecule has 1 saturated heterocycles. The lowest BCUT2D eigenvalue weighted by molar-refractivity contribution is -0.136. The third-order valence-corrected chi connectivity index (χ3v) is 8.61. The zero-order valence-corrected chi connectivity index (χ0v) is 18.2. The topological polar surface area (TPSA) is 96.4 Å². The van der Waals surface area contributed by atoms with E-state index in [-0.39, 0.29) is 18.0 Å². The molecule has 2 unspecified atom stereocenters. The third kappa shape index (κ3) is 3.74. The van der Waals surface area contributed by atoms with Gasteiger partial charge < -0.3 is 20.5 Å². The van der Waals surface area contributed by atoms with E-state index < -0.39 is 5.60 Å². The van der Waals surface area contributed by atoms with Gasteiger partial charge in [0.05, 0.1) is 29.5 Å². The van der Waals surface area contributed by atoms with Crippen LogP contribution in [0.25, 0.3) is 0 Å². The van der Waals surface area contributed by atoms with Crippen LogP contribution in [0.5, 0.6) is 0 Å². The predicted molar refractivity (Wildman–Crippen MR) is 116 cm³/mol. The van der Waals surface area contributed by atoms with Crippen LogP contribution in [0.3, 0.4) is 0 Å². The second-order valence-corrected chi connectivity index (χ2v) is 10.9. The van der Waals surface area contributed by atoms with Crippen molar-refractivity contribution in [2.45, 2.75) is 87.8 Å². The summed E-state index contributed by atoms with van der Waals surface area (Å²) in [6.45, 7) is 1.45. The summed E-state index contributed by atoms with van der Waals surface area (Å²) in [6, 6.07) is 0.421. The molecule has 1 aromatic rings. The molecule has 1 aromatic heterocycles. The second-order valence-electron chi connectivity index (χ2n) is 10.9. The van der Waals surface area contributed by atoms with Crippen LogP contribution in [0.2, 0.25) is 0 Å². The van der Waals surface area contributed by atoms with Gasteiger partial charge in [0, 0.05) is 24.8 Å². The number of hydrogen-bond acceptors (Lipinski definition) is 6. The Morgan fingerprint density at radius 1 is 1.13 bits per heavy atom. The molecule has 4 bridgehead atoms. The Morgan fingerprint density at radius 3 is 2.58 bits per heavy atom. The highest BCUT2D eigenvalue weighted by Gasteiger charge is 2.55. The third-order valence-electron chi connectivity index (χ3n) is 8.61. The molecule has 1 amide bonds. The van der Waals surface area contributed by atoms with Crippen molar-refractivity contribution in [2.75, 3.05) is 18.5 Å². The normalized spacial score (nSPS) is 39.2.